The van der Waals surface area contributed by atoms with E-state index >= 15 is 0 Å². The van der Waals surface area contributed by atoms with Crippen LogP contribution in [-0.2, 0) is 11.2 Å². The smallest absolute Gasteiger partial charge is 0.407 e. The number of hydrogen-bond acceptors (Lipinski definition) is 3. The van der Waals surface area contributed by atoms with Crippen molar-refractivity contribution in [3.63, 3.8) is 0 Å². The van der Waals surface area contributed by atoms with Crippen molar-refractivity contribution in [2.45, 2.75) is 51.7 Å². The van der Waals surface area contributed by atoms with Crippen LogP contribution < -0.4 is 10.6 Å². The average Bonchev–Trinajstić information content (AvgIpc) is 2.78. The third-order valence-electron chi connectivity index (χ3n) is 3.60. The lowest BCUT2D eigenvalue weighted by Crippen LogP contribution is -2.34. The zero-order chi connectivity index (χ0) is 16.2. The fourth-order valence-corrected chi connectivity index (χ4v) is 3.08. The van der Waals surface area contributed by atoms with Crippen LogP contribution in [0.25, 0.3) is 0 Å². The fourth-order valence-electron chi connectivity index (χ4n) is 2.67. The number of nitrogens with one attached hydrogen (secondary N) is 2. The van der Waals surface area contributed by atoms with Gasteiger partial charge in [0.2, 0.25) is 0 Å². The third kappa shape index (κ3) is 5.29. The first-order valence-corrected chi connectivity index (χ1v) is 8.63. The summed E-state index contributed by atoms with van der Waals surface area (Å²) in [7, 11) is 0. The maximum atomic E-state index is 11.5. The minimum atomic E-state index is -0.440. The van der Waals surface area contributed by atoms with Gasteiger partial charge >= 0.3 is 6.09 Å². The van der Waals surface area contributed by atoms with Gasteiger partial charge in [0.15, 0.2) is 0 Å². The molecule has 0 radical (unpaired) electrons. The largest absolute Gasteiger partial charge is 0.444 e. The topological polar surface area (TPSA) is 50.4 Å². The predicted molar refractivity (Wildman–Crippen MR) is 92.1 cm³/mol. The number of halogens is 1. The number of ether oxygens (including phenoxy) is 1. The summed E-state index contributed by atoms with van der Waals surface area (Å²) in [6.07, 6.45) is 2.82. The number of alkyl carbamates (subject to hydrolysis) is 1. The van der Waals surface area contributed by atoms with E-state index in [-0.39, 0.29) is 6.09 Å². The molecule has 0 bridgehead atoms. The van der Waals surface area contributed by atoms with Gasteiger partial charge in [-0.15, -0.1) is 0 Å². The molecule has 1 atom stereocenters. The van der Waals surface area contributed by atoms with E-state index in [4.69, 9.17) is 4.74 Å². The zero-order valence-electron chi connectivity index (χ0n) is 13.5. The number of aryl methyl sites for hydroxylation is 1. The Morgan fingerprint density at radius 1 is 1.36 bits per heavy atom. The summed E-state index contributed by atoms with van der Waals surface area (Å²) in [5.41, 5.74) is 2.39. The molecule has 1 aliphatic carbocycles. The van der Waals surface area contributed by atoms with E-state index in [0.29, 0.717) is 12.6 Å². The van der Waals surface area contributed by atoms with E-state index in [9.17, 15) is 4.79 Å². The molecule has 1 amide bonds. The van der Waals surface area contributed by atoms with Gasteiger partial charge in [-0.1, -0.05) is 22.0 Å². The Labute approximate surface area is 141 Å². The Kier molecular flexibility index (Phi) is 5.87. The highest BCUT2D eigenvalue weighted by molar-refractivity contribution is 9.10. The average molecular weight is 369 g/mol. The molecule has 4 nitrogen and oxygen atoms in total. The molecule has 2 N–H and O–H groups in total. The molecule has 0 aromatic heterocycles. The highest BCUT2D eigenvalue weighted by Gasteiger charge is 2.21. The fraction of sp³-hybridized carbons (Fsp3) is 0.588. The zero-order valence-corrected chi connectivity index (χ0v) is 15.1. The Balaban J connectivity index is 1.66. The number of rotatable bonds is 5. The van der Waals surface area contributed by atoms with Crippen LogP contribution in [0.2, 0.25) is 0 Å². The van der Waals surface area contributed by atoms with Crippen molar-refractivity contribution in [3.8, 4) is 0 Å². The standard InChI is InChI=1S/C17H25BrN2O2/c1-17(2,3)22-16(21)20-10-4-9-19-15-8-5-12-11-13(18)6-7-14(12)15/h6-7,11,15,19H,4-5,8-10H2,1-3H3,(H,20,21). The highest BCUT2D eigenvalue weighted by atomic mass is 79.9. The second-order valence-electron chi connectivity index (χ2n) is 6.67. The number of hydrogen-bond donors (Lipinski definition) is 2. The van der Waals surface area contributed by atoms with Gasteiger partial charge in [-0.05, 0) is 69.8 Å². The molecule has 1 unspecified atom stereocenters. The second-order valence-corrected chi connectivity index (χ2v) is 7.59. The van der Waals surface area contributed by atoms with E-state index in [1.807, 2.05) is 20.8 Å². The summed E-state index contributed by atoms with van der Waals surface area (Å²) >= 11 is 3.52. The highest BCUT2D eigenvalue weighted by Crippen LogP contribution is 2.32. The van der Waals surface area contributed by atoms with E-state index in [1.165, 1.54) is 11.1 Å². The predicted octanol–water partition coefficient (Wildman–Crippen LogP) is 3.94. The molecule has 0 heterocycles. The molecule has 0 spiro atoms. The molecule has 1 aromatic carbocycles. The molecule has 122 valence electrons. The van der Waals surface area contributed by atoms with Gasteiger partial charge in [0.05, 0.1) is 0 Å². The lowest BCUT2D eigenvalue weighted by atomic mass is 10.1. The summed E-state index contributed by atoms with van der Waals surface area (Å²) in [5, 5.41) is 6.36. The van der Waals surface area contributed by atoms with Crippen LogP contribution in [0.1, 0.15) is 50.8 Å². The minimum absolute atomic E-state index is 0.344. The Bertz CT molecular complexity index is 526. The third-order valence-corrected chi connectivity index (χ3v) is 4.09. The van der Waals surface area contributed by atoms with Crippen molar-refractivity contribution < 1.29 is 9.53 Å². The maximum Gasteiger partial charge on any atom is 0.407 e. The van der Waals surface area contributed by atoms with Gasteiger partial charge in [0, 0.05) is 17.1 Å². The number of amides is 1. The van der Waals surface area contributed by atoms with Gasteiger partial charge in [-0.2, -0.15) is 0 Å². The molecule has 5 heteroatoms. The summed E-state index contributed by atoms with van der Waals surface area (Å²) in [5.74, 6) is 0. The van der Waals surface area contributed by atoms with E-state index in [2.05, 4.69) is 44.8 Å². The van der Waals surface area contributed by atoms with Gasteiger partial charge in [0.1, 0.15) is 5.60 Å². The van der Waals surface area contributed by atoms with Crippen LogP contribution in [0.5, 0.6) is 0 Å². The van der Waals surface area contributed by atoms with E-state index < -0.39 is 5.60 Å². The SMILES string of the molecule is CC(C)(C)OC(=O)NCCCNC1CCc2cc(Br)ccc21. The summed E-state index contributed by atoms with van der Waals surface area (Å²) < 4.78 is 6.35. The molecule has 0 fully saturated rings. The summed E-state index contributed by atoms with van der Waals surface area (Å²) in [6.45, 7) is 7.11. The van der Waals surface area contributed by atoms with Crippen molar-refractivity contribution >= 4 is 22.0 Å². The monoisotopic (exact) mass is 368 g/mol. The van der Waals surface area contributed by atoms with Crippen LogP contribution in [0.4, 0.5) is 4.79 Å². The second kappa shape index (κ2) is 7.47. The lowest BCUT2D eigenvalue weighted by molar-refractivity contribution is 0.0527. The molecule has 1 aromatic rings. The molecule has 22 heavy (non-hydrogen) atoms. The number of carbonyl (C=O) groups is 1. The molecular weight excluding hydrogens is 344 g/mol. The maximum absolute atomic E-state index is 11.5. The molecule has 2 rings (SSSR count). The summed E-state index contributed by atoms with van der Waals surface area (Å²) in [6, 6.07) is 6.94. The number of carbonyl (C=O) groups excluding carboxylic acids is 1. The van der Waals surface area contributed by atoms with Crippen LogP contribution >= 0.6 is 15.9 Å². The molecule has 1 aliphatic rings. The molecule has 0 saturated carbocycles. The van der Waals surface area contributed by atoms with Crippen molar-refractivity contribution in [2.75, 3.05) is 13.1 Å². The van der Waals surface area contributed by atoms with Crippen molar-refractivity contribution in [3.05, 3.63) is 33.8 Å². The Hall–Kier alpha value is -1.07. The molecular formula is C17H25BrN2O2. The number of benzene rings is 1. The van der Waals surface area contributed by atoms with Crippen LogP contribution in [-0.4, -0.2) is 24.8 Å². The van der Waals surface area contributed by atoms with Gasteiger partial charge in [0.25, 0.3) is 0 Å². The van der Waals surface area contributed by atoms with E-state index in [1.54, 1.807) is 0 Å². The summed E-state index contributed by atoms with van der Waals surface area (Å²) in [4.78, 5) is 11.5. The van der Waals surface area contributed by atoms with Crippen LogP contribution in [0, 0.1) is 0 Å². The molecule has 0 aliphatic heterocycles. The molecule has 0 saturated heterocycles. The van der Waals surface area contributed by atoms with Gasteiger partial charge in [-0.25, -0.2) is 4.79 Å². The van der Waals surface area contributed by atoms with Crippen LogP contribution in [0.15, 0.2) is 22.7 Å². The quantitative estimate of drug-likeness (QED) is 0.773. The number of fused-ring (bicyclic) bond motifs is 1. The Morgan fingerprint density at radius 2 is 2.14 bits per heavy atom. The first-order valence-electron chi connectivity index (χ1n) is 7.84. The van der Waals surface area contributed by atoms with E-state index in [0.717, 1.165) is 30.3 Å². The first-order chi connectivity index (χ1) is 10.3. The van der Waals surface area contributed by atoms with Gasteiger partial charge in [-0.3, -0.25) is 0 Å². The van der Waals surface area contributed by atoms with Crippen LogP contribution in [0.3, 0.4) is 0 Å². The lowest BCUT2D eigenvalue weighted by Gasteiger charge is -2.20. The van der Waals surface area contributed by atoms with Gasteiger partial charge < -0.3 is 15.4 Å². The van der Waals surface area contributed by atoms with Crippen molar-refractivity contribution in [2.24, 2.45) is 0 Å². The normalized spacial score (nSPS) is 17.2. The minimum Gasteiger partial charge on any atom is -0.444 e. The Morgan fingerprint density at radius 3 is 2.86 bits per heavy atom. The first kappa shape index (κ1) is 17.3. The van der Waals surface area contributed by atoms with Crippen molar-refractivity contribution in [1.82, 2.24) is 10.6 Å². The van der Waals surface area contributed by atoms with Crippen molar-refractivity contribution in [1.29, 1.82) is 0 Å².